The molecule has 1 aromatic heterocycles. The largest absolute Gasteiger partial charge is 0.493 e. The maximum absolute atomic E-state index is 11.2. The summed E-state index contributed by atoms with van der Waals surface area (Å²) < 4.78 is 30.7. The molecule has 152 valence electrons. The molecule has 7 nitrogen and oxygen atoms in total. The van der Waals surface area contributed by atoms with Crippen LogP contribution in [0.4, 0.5) is 11.5 Å². The fourth-order valence-electron chi connectivity index (χ4n) is 2.66. The fraction of sp³-hybridized carbons (Fsp3) is 0.238. The van der Waals surface area contributed by atoms with Crippen molar-refractivity contribution in [2.45, 2.75) is 19.9 Å². The van der Waals surface area contributed by atoms with Crippen molar-refractivity contribution in [3.63, 3.8) is 0 Å². The van der Waals surface area contributed by atoms with E-state index in [4.69, 9.17) is 4.74 Å². The number of hydrogen-bond donors (Lipinski definition) is 2. The van der Waals surface area contributed by atoms with Crippen LogP contribution in [0.2, 0.25) is 0 Å². The van der Waals surface area contributed by atoms with E-state index in [9.17, 15) is 8.42 Å². The fourth-order valence-corrected chi connectivity index (χ4v) is 3.09. The van der Waals surface area contributed by atoms with Crippen molar-refractivity contribution in [2.24, 2.45) is 0 Å². The molecule has 0 amide bonds. The number of nitrogens with one attached hydrogen (secondary N) is 2. The maximum atomic E-state index is 11.2. The van der Waals surface area contributed by atoms with Gasteiger partial charge in [0.05, 0.1) is 18.6 Å². The summed E-state index contributed by atoms with van der Waals surface area (Å²) in [5, 5.41) is 3.25. The van der Waals surface area contributed by atoms with E-state index in [2.05, 4.69) is 26.9 Å². The molecular weight excluding hydrogens is 388 g/mol. The van der Waals surface area contributed by atoms with Gasteiger partial charge in [-0.15, -0.1) is 0 Å². The van der Waals surface area contributed by atoms with Crippen molar-refractivity contribution < 1.29 is 13.2 Å². The zero-order valence-corrected chi connectivity index (χ0v) is 17.2. The van der Waals surface area contributed by atoms with E-state index in [1.807, 2.05) is 54.6 Å². The van der Waals surface area contributed by atoms with Gasteiger partial charge in [-0.25, -0.2) is 23.1 Å². The van der Waals surface area contributed by atoms with Gasteiger partial charge in [0.2, 0.25) is 10.0 Å². The zero-order valence-electron chi connectivity index (χ0n) is 16.4. The van der Waals surface area contributed by atoms with E-state index in [1.54, 1.807) is 0 Å². The first-order chi connectivity index (χ1) is 13.9. The Hall–Kier alpha value is -2.97. The number of anilines is 2. The van der Waals surface area contributed by atoms with E-state index in [1.165, 1.54) is 6.33 Å². The molecule has 0 saturated heterocycles. The average Bonchev–Trinajstić information content (AvgIpc) is 2.71. The summed E-state index contributed by atoms with van der Waals surface area (Å²) in [6.07, 6.45) is 3.58. The Bertz CT molecular complexity index is 1050. The number of aromatic nitrogens is 2. The third-order valence-corrected chi connectivity index (χ3v) is 4.73. The molecule has 8 heteroatoms. The van der Waals surface area contributed by atoms with Crippen molar-refractivity contribution in [1.29, 1.82) is 0 Å². The SMILES string of the molecule is CCCOc1ccccc1-c1cc(Nc2ccc(CNS(C)(=O)=O)cc2)ncn1. The lowest BCUT2D eigenvalue weighted by molar-refractivity contribution is 0.318. The third-order valence-electron chi connectivity index (χ3n) is 4.06. The van der Waals surface area contributed by atoms with Crippen LogP contribution in [0.25, 0.3) is 11.3 Å². The Morgan fingerprint density at radius 3 is 2.52 bits per heavy atom. The van der Waals surface area contributed by atoms with Crippen LogP contribution < -0.4 is 14.8 Å². The molecule has 0 aliphatic heterocycles. The van der Waals surface area contributed by atoms with Gasteiger partial charge in [0.1, 0.15) is 17.9 Å². The highest BCUT2D eigenvalue weighted by atomic mass is 32.2. The van der Waals surface area contributed by atoms with Crippen LogP contribution in [-0.2, 0) is 16.6 Å². The predicted octanol–water partition coefficient (Wildman–Crippen LogP) is 3.73. The van der Waals surface area contributed by atoms with Gasteiger partial charge in [-0.1, -0.05) is 31.2 Å². The van der Waals surface area contributed by atoms with Gasteiger partial charge in [0.25, 0.3) is 0 Å². The van der Waals surface area contributed by atoms with Gasteiger partial charge in [-0.2, -0.15) is 0 Å². The van der Waals surface area contributed by atoms with Crippen LogP contribution in [-0.4, -0.2) is 31.2 Å². The van der Waals surface area contributed by atoms with Crippen LogP contribution in [0, 0.1) is 0 Å². The Balaban J connectivity index is 1.74. The minimum Gasteiger partial charge on any atom is -0.493 e. The molecule has 0 fully saturated rings. The van der Waals surface area contributed by atoms with Crippen molar-refractivity contribution in [3.05, 3.63) is 66.5 Å². The normalized spacial score (nSPS) is 11.2. The van der Waals surface area contributed by atoms with Crippen molar-refractivity contribution in [3.8, 4) is 17.0 Å². The van der Waals surface area contributed by atoms with Gasteiger partial charge >= 0.3 is 0 Å². The quantitative estimate of drug-likeness (QED) is 0.556. The lowest BCUT2D eigenvalue weighted by Crippen LogP contribution is -2.21. The van der Waals surface area contributed by atoms with Gasteiger partial charge in [-0.3, -0.25) is 0 Å². The Morgan fingerprint density at radius 1 is 1.03 bits per heavy atom. The molecule has 29 heavy (non-hydrogen) atoms. The topological polar surface area (TPSA) is 93.2 Å². The predicted molar refractivity (Wildman–Crippen MR) is 115 cm³/mol. The molecule has 0 bridgehead atoms. The standard InChI is InChI=1S/C21H24N4O3S/c1-3-12-28-20-7-5-4-6-18(20)19-13-21(23-15-22-19)25-17-10-8-16(9-11-17)14-24-29(2,26)27/h4-11,13,15,24H,3,12,14H2,1-2H3,(H,22,23,25). The van der Waals surface area contributed by atoms with E-state index in [0.29, 0.717) is 12.4 Å². The maximum Gasteiger partial charge on any atom is 0.209 e. The van der Waals surface area contributed by atoms with Crippen molar-refractivity contribution >= 4 is 21.5 Å². The second kappa shape index (κ2) is 9.49. The number of benzene rings is 2. The summed E-state index contributed by atoms with van der Waals surface area (Å²) in [6.45, 7) is 2.97. The summed E-state index contributed by atoms with van der Waals surface area (Å²) in [5.41, 5.74) is 3.39. The summed E-state index contributed by atoms with van der Waals surface area (Å²) in [5.74, 6) is 1.45. The summed E-state index contributed by atoms with van der Waals surface area (Å²) >= 11 is 0. The number of ether oxygens (including phenoxy) is 1. The minimum atomic E-state index is -3.21. The molecule has 1 heterocycles. The first-order valence-electron chi connectivity index (χ1n) is 9.29. The highest BCUT2D eigenvalue weighted by Gasteiger charge is 2.09. The van der Waals surface area contributed by atoms with E-state index in [-0.39, 0.29) is 6.54 Å². The second-order valence-electron chi connectivity index (χ2n) is 6.55. The van der Waals surface area contributed by atoms with E-state index >= 15 is 0 Å². The monoisotopic (exact) mass is 412 g/mol. The molecule has 3 aromatic rings. The van der Waals surface area contributed by atoms with Crippen LogP contribution in [0.15, 0.2) is 60.9 Å². The molecule has 0 radical (unpaired) electrons. The molecule has 0 atom stereocenters. The van der Waals surface area contributed by atoms with Gasteiger partial charge in [0, 0.05) is 23.9 Å². The molecule has 0 aliphatic rings. The van der Waals surface area contributed by atoms with Crippen molar-refractivity contribution in [2.75, 3.05) is 18.2 Å². The highest BCUT2D eigenvalue weighted by Crippen LogP contribution is 2.29. The van der Waals surface area contributed by atoms with Crippen LogP contribution in [0.5, 0.6) is 5.75 Å². The smallest absolute Gasteiger partial charge is 0.209 e. The molecule has 0 saturated carbocycles. The molecule has 0 unspecified atom stereocenters. The Morgan fingerprint density at radius 2 is 1.79 bits per heavy atom. The molecule has 0 spiro atoms. The lowest BCUT2D eigenvalue weighted by Gasteiger charge is -2.12. The van der Waals surface area contributed by atoms with E-state index < -0.39 is 10.0 Å². The summed E-state index contributed by atoms with van der Waals surface area (Å²) in [4.78, 5) is 8.67. The van der Waals surface area contributed by atoms with Gasteiger partial charge in [-0.05, 0) is 36.2 Å². The Kier molecular flexibility index (Phi) is 6.79. The van der Waals surface area contributed by atoms with E-state index in [0.717, 1.165) is 40.9 Å². The minimum absolute atomic E-state index is 0.255. The van der Waals surface area contributed by atoms with Crippen LogP contribution >= 0.6 is 0 Å². The molecule has 2 N–H and O–H groups in total. The van der Waals surface area contributed by atoms with Gasteiger partial charge in [0.15, 0.2) is 0 Å². The third kappa shape index (κ3) is 6.27. The van der Waals surface area contributed by atoms with Crippen molar-refractivity contribution in [1.82, 2.24) is 14.7 Å². The zero-order chi connectivity index (χ0) is 20.7. The van der Waals surface area contributed by atoms with Gasteiger partial charge < -0.3 is 10.1 Å². The van der Waals surface area contributed by atoms with Crippen LogP contribution in [0.1, 0.15) is 18.9 Å². The van der Waals surface area contributed by atoms with Crippen LogP contribution in [0.3, 0.4) is 0 Å². The average molecular weight is 413 g/mol. The first kappa shape index (κ1) is 20.8. The molecular formula is C21H24N4O3S. The number of sulfonamides is 1. The molecule has 2 aromatic carbocycles. The number of rotatable bonds is 9. The number of nitrogens with zero attached hydrogens (tertiary/aromatic N) is 2. The molecule has 0 aliphatic carbocycles. The number of para-hydroxylation sites is 1. The summed E-state index contributed by atoms with van der Waals surface area (Å²) in [7, 11) is -3.21. The second-order valence-corrected chi connectivity index (χ2v) is 8.38. The molecule has 3 rings (SSSR count). The number of hydrogen-bond acceptors (Lipinski definition) is 6. The Labute approximate surface area is 171 Å². The summed E-state index contributed by atoms with van der Waals surface area (Å²) in [6, 6.07) is 17.1. The lowest BCUT2D eigenvalue weighted by atomic mass is 10.1. The first-order valence-corrected chi connectivity index (χ1v) is 11.2. The highest BCUT2D eigenvalue weighted by molar-refractivity contribution is 7.88.